The number of nitrogens with two attached hydrogens (primary N) is 2. The van der Waals surface area contributed by atoms with Crippen LogP contribution in [0.5, 0.6) is 0 Å². The number of hydrogen-bond donors (Lipinski definition) is 8. The van der Waals surface area contributed by atoms with Gasteiger partial charge in [0.2, 0.25) is 29.5 Å². The Kier molecular flexibility index (Phi) is 13.1. The SMILES string of the molecule is CC(C)C[C@H](NC(=O)[C@@H]1CCCN1C(=O)[C@H](CCC(N)=O)NC(=O)[C@@H](NC(=O)[C@@H](N)CO)[C@@H](C)O)C(=O)O. The molecule has 1 rings (SSSR count). The van der Waals surface area contributed by atoms with E-state index in [2.05, 4.69) is 16.0 Å². The minimum absolute atomic E-state index is 0.0135. The first kappa shape index (κ1) is 32.7. The fourth-order valence-electron chi connectivity index (χ4n) is 4.02. The van der Waals surface area contributed by atoms with Crippen LogP contribution in [0.2, 0.25) is 0 Å². The lowest BCUT2D eigenvalue weighted by atomic mass is 10.0. The number of primary amides is 1. The van der Waals surface area contributed by atoms with Crippen LogP contribution in [0, 0.1) is 5.92 Å². The van der Waals surface area contributed by atoms with Gasteiger partial charge in [-0.1, -0.05) is 13.8 Å². The number of likely N-dealkylation sites (tertiary alicyclic amines) is 1. The van der Waals surface area contributed by atoms with Gasteiger partial charge in [0.25, 0.3) is 0 Å². The number of nitrogens with one attached hydrogen (secondary N) is 3. The molecule has 0 saturated carbocycles. The molecule has 0 unspecified atom stereocenters. The van der Waals surface area contributed by atoms with Crippen LogP contribution >= 0.6 is 0 Å². The van der Waals surface area contributed by atoms with Crippen LogP contribution in [0.3, 0.4) is 0 Å². The maximum Gasteiger partial charge on any atom is 0.326 e. The largest absolute Gasteiger partial charge is 0.480 e. The van der Waals surface area contributed by atoms with Gasteiger partial charge in [0.15, 0.2) is 0 Å². The molecule has 216 valence electrons. The van der Waals surface area contributed by atoms with Crippen LogP contribution < -0.4 is 27.4 Å². The molecule has 0 aromatic rings. The molecular weight excluding hydrogens is 504 g/mol. The molecule has 1 saturated heterocycles. The van der Waals surface area contributed by atoms with E-state index in [9.17, 15) is 39.0 Å². The molecule has 0 spiro atoms. The molecule has 10 N–H and O–H groups in total. The number of carbonyl (C=O) groups is 6. The van der Waals surface area contributed by atoms with Crippen LogP contribution in [0.1, 0.15) is 52.9 Å². The molecule has 0 aromatic carbocycles. The second-order valence-corrected chi connectivity index (χ2v) is 9.80. The van der Waals surface area contributed by atoms with Crippen LogP contribution in [0.4, 0.5) is 0 Å². The van der Waals surface area contributed by atoms with E-state index in [1.165, 1.54) is 11.8 Å². The number of aliphatic hydroxyl groups is 2. The van der Waals surface area contributed by atoms with Gasteiger partial charge in [0, 0.05) is 13.0 Å². The molecule has 0 radical (unpaired) electrons. The highest BCUT2D eigenvalue weighted by molar-refractivity contribution is 5.96. The number of carboxylic acid groups (broad SMARTS) is 1. The first-order valence-corrected chi connectivity index (χ1v) is 12.5. The Morgan fingerprint density at radius 3 is 2.13 bits per heavy atom. The summed E-state index contributed by atoms with van der Waals surface area (Å²) in [5.74, 6) is -5.22. The number of carbonyl (C=O) groups excluding carboxylic acids is 5. The highest BCUT2D eigenvalue weighted by Crippen LogP contribution is 2.20. The summed E-state index contributed by atoms with van der Waals surface area (Å²) >= 11 is 0. The number of amides is 5. The van der Waals surface area contributed by atoms with Crippen molar-refractivity contribution in [3.63, 3.8) is 0 Å². The molecule has 38 heavy (non-hydrogen) atoms. The fraction of sp³-hybridized carbons (Fsp3) is 0.739. The predicted molar refractivity (Wildman–Crippen MR) is 133 cm³/mol. The Labute approximate surface area is 220 Å². The summed E-state index contributed by atoms with van der Waals surface area (Å²) < 4.78 is 0. The molecule has 5 amide bonds. The van der Waals surface area contributed by atoms with Crippen molar-refractivity contribution in [2.45, 2.75) is 89.2 Å². The van der Waals surface area contributed by atoms with Gasteiger partial charge < -0.3 is 47.6 Å². The average molecular weight is 545 g/mol. The Bertz CT molecular complexity index is 881. The van der Waals surface area contributed by atoms with Gasteiger partial charge >= 0.3 is 5.97 Å². The molecule has 0 aliphatic carbocycles. The summed E-state index contributed by atoms with van der Waals surface area (Å²) in [5, 5.41) is 35.6. The topological polar surface area (TPSA) is 254 Å². The van der Waals surface area contributed by atoms with Crippen molar-refractivity contribution < 1.29 is 44.1 Å². The zero-order valence-electron chi connectivity index (χ0n) is 21.9. The van der Waals surface area contributed by atoms with E-state index in [0.29, 0.717) is 6.42 Å². The number of rotatable bonds is 15. The Balaban J connectivity index is 3.10. The van der Waals surface area contributed by atoms with E-state index < -0.39 is 78.4 Å². The van der Waals surface area contributed by atoms with E-state index in [4.69, 9.17) is 16.6 Å². The van der Waals surface area contributed by atoms with Crippen molar-refractivity contribution in [3.8, 4) is 0 Å². The highest BCUT2D eigenvalue weighted by atomic mass is 16.4. The number of aliphatic carboxylic acids is 1. The van der Waals surface area contributed by atoms with Gasteiger partial charge in [0.05, 0.1) is 12.7 Å². The van der Waals surface area contributed by atoms with Gasteiger partial charge in [0.1, 0.15) is 30.2 Å². The van der Waals surface area contributed by atoms with Gasteiger partial charge in [-0.2, -0.15) is 0 Å². The summed E-state index contributed by atoms with van der Waals surface area (Å²) in [6.07, 6.45) is -1.06. The molecule has 1 heterocycles. The number of carboxylic acids is 1. The fourth-order valence-corrected chi connectivity index (χ4v) is 4.02. The predicted octanol–water partition coefficient (Wildman–Crippen LogP) is -3.47. The molecule has 0 aromatic heterocycles. The molecule has 15 nitrogen and oxygen atoms in total. The Morgan fingerprint density at radius 1 is 1.00 bits per heavy atom. The van der Waals surface area contributed by atoms with Crippen molar-refractivity contribution in [3.05, 3.63) is 0 Å². The third-order valence-electron chi connectivity index (χ3n) is 6.05. The minimum Gasteiger partial charge on any atom is -0.480 e. The Morgan fingerprint density at radius 2 is 1.63 bits per heavy atom. The van der Waals surface area contributed by atoms with Gasteiger partial charge in [-0.05, 0) is 38.5 Å². The second kappa shape index (κ2) is 15.2. The number of nitrogens with zero attached hydrogens (tertiary/aromatic N) is 1. The molecule has 15 heteroatoms. The van der Waals surface area contributed by atoms with Gasteiger partial charge in [-0.3, -0.25) is 24.0 Å². The van der Waals surface area contributed by atoms with Crippen LogP contribution in [-0.2, 0) is 28.8 Å². The quantitative estimate of drug-likeness (QED) is 0.101. The lowest BCUT2D eigenvalue weighted by Crippen LogP contribution is -2.60. The monoisotopic (exact) mass is 544 g/mol. The highest BCUT2D eigenvalue weighted by Gasteiger charge is 2.40. The third-order valence-corrected chi connectivity index (χ3v) is 6.05. The zero-order chi connectivity index (χ0) is 29.2. The lowest BCUT2D eigenvalue weighted by Gasteiger charge is -2.31. The summed E-state index contributed by atoms with van der Waals surface area (Å²) in [7, 11) is 0. The normalized spacial score (nSPS) is 19.1. The van der Waals surface area contributed by atoms with Crippen LogP contribution in [0.15, 0.2) is 0 Å². The minimum atomic E-state index is -1.55. The van der Waals surface area contributed by atoms with Crippen molar-refractivity contribution >= 4 is 35.5 Å². The molecule has 1 aliphatic heterocycles. The standard InChI is InChI=1S/C23H40N6O9/c1-11(2)9-15(23(37)38)27-20(34)16-5-4-8-29(16)22(36)14(6-7-17(25)32)26-21(35)18(12(3)31)28-19(33)13(24)10-30/h11-16,18,30-31H,4-10,24H2,1-3H3,(H2,25,32)(H,26,35)(H,27,34)(H,28,33)(H,37,38)/t12-,13+,14+,15+,16+,18+/m1/s1. The van der Waals surface area contributed by atoms with Crippen LogP contribution in [0.25, 0.3) is 0 Å². The number of hydrogen-bond acceptors (Lipinski definition) is 9. The van der Waals surface area contributed by atoms with E-state index in [0.717, 1.165) is 0 Å². The van der Waals surface area contributed by atoms with Crippen molar-refractivity contribution in [2.24, 2.45) is 17.4 Å². The lowest BCUT2D eigenvalue weighted by molar-refractivity contribution is -0.145. The van der Waals surface area contributed by atoms with E-state index >= 15 is 0 Å². The summed E-state index contributed by atoms with van der Waals surface area (Å²) in [4.78, 5) is 75.5. The van der Waals surface area contributed by atoms with E-state index in [1.54, 1.807) is 13.8 Å². The zero-order valence-corrected chi connectivity index (χ0v) is 21.9. The summed E-state index contributed by atoms with van der Waals surface area (Å²) in [6.45, 7) is 4.26. The first-order chi connectivity index (χ1) is 17.7. The number of aliphatic hydroxyl groups excluding tert-OH is 2. The van der Waals surface area contributed by atoms with Crippen molar-refractivity contribution in [2.75, 3.05) is 13.2 Å². The van der Waals surface area contributed by atoms with Gasteiger partial charge in [-0.15, -0.1) is 0 Å². The summed E-state index contributed by atoms with van der Waals surface area (Å²) in [5.41, 5.74) is 10.7. The molecule has 1 aliphatic rings. The maximum atomic E-state index is 13.4. The van der Waals surface area contributed by atoms with Gasteiger partial charge in [-0.25, -0.2) is 4.79 Å². The van der Waals surface area contributed by atoms with E-state index in [-0.39, 0.29) is 38.1 Å². The maximum absolute atomic E-state index is 13.4. The third kappa shape index (κ3) is 9.87. The molecule has 0 bridgehead atoms. The van der Waals surface area contributed by atoms with E-state index in [1.807, 2.05) is 0 Å². The van der Waals surface area contributed by atoms with Crippen molar-refractivity contribution in [1.29, 1.82) is 0 Å². The summed E-state index contributed by atoms with van der Waals surface area (Å²) in [6, 6.07) is -6.40. The smallest absolute Gasteiger partial charge is 0.326 e. The molecule has 6 atom stereocenters. The van der Waals surface area contributed by atoms with Crippen molar-refractivity contribution in [1.82, 2.24) is 20.9 Å². The first-order valence-electron chi connectivity index (χ1n) is 12.5. The molecule has 1 fully saturated rings. The molecular formula is C23H40N6O9. The average Bonchev–Trinajstić information content (AvgIpc) is 3.32. The van der Waals surface area contributed by atoms with Crippen LogP contribution in [-0.4, -0.2) is 105 Å². The second-order valence-electron chi connectivity index (χ2n) is 9.80. The Hall–Kier alpha value is -3.30.